The van der Waals surface area contributed by atoms with Gasteiger partial charge in [0, 0.05) is 19.0 Å². The molecule has 45 heavy (non-hydrogen) atoms. The van der Waals surface area contributed by atoms with E-state index < -0.39 is 46.2 Å². The monoisotopic (exact) mass is 683 g/mol. The average Bonchev–Trinajstić information content (AvgIpc) is 2.99. The fraction of sp³-hybridized carbons (Fsp3) is 0.375. The lowest BCUT2D eigenvalue weighted by Gasteiger charge is -2.35. The number of alkyl halides is 3. The van der Waals surface area contributed by atoms with Gasteiger partial charge in [-0.05, 0) is 54.3 Å². The summed E-state index contributed by atoms with van der Waals surface area (Å²) < 4.78 is 67.0. The Hall–Kier alpha value is -3.28. The van der Waals surface area contributed by atoms with Crippen molar-refractivity contribution in [3.05, 3.63) is 99.5 Å². The van der Waals surface area contributed by atoms with E-state index in [1.165, 1.54) is 11.0 Å². The first kappa shape index (κ1) is 34.6. The summed E-state index contributed by atoms with van der Waals surface area (Å²) in [6, 6.07) is 16.4. The number of nitrogens with one attached hydrogen (secondary N) is 1. The Labute approximate surface area is 271 Å². The highest BCUT2D eigenvalue weighted by atomic mass is 35.5. The Morgan fingerprint density at radius 1 is 0.911 bits per heavy atom. The van der Waals surface area contributed by atoms with Crippen molar-refractivity contribution >= 4 is 50.7 Å². The first-order valence-electron chi connectivity index (χ1n) is 14.4. The number of amides is 2. The molecule has 4 rings (SSSR count). The lowest BCUT2D eigenvalue weighted by atomic mass is 9.94. The van der Waals surface area contributed by atoms with Gasteiger partial charge in [0.15, 0.2) is 0 Å². The molecule has 0 spiro atoms. The molecule has 1 fully saturated rings. The van der Waals surface area contributed by atoms with Crippen LogP contribution in [0.2, 0.25) is 10.0 Å². The molecule has 3 aromatic carbocycles. The van der Waals surface area contributed by atoms with Crippen LogP contribution in [0.15, 0.2) is 72.8 Å². The van der Waals surface area contributed by atoms with Gasteiger partial charge >= 0.3 is 6.18 Å². The van der Waals surface area contributed by atoms with Gasteiger partial charge in [-0.3, -0.25) is 13.9 Å². The molecule has 0 saturated heterocycles. The molecule has 7 nitrogen and oxygen atoms in total. The topological polar surface area (TPSA) is 86.8 Å². The third kappa shape index (κ3) is 9.61. The largest absolute Gasteiger partial charge is 0.416 e. The zero-order chi connectivity index (χ0) is 32.8. The van der Waals surface area contributed by atoms with Crippen LogP contribution in [-0.4, -0.2) is 50.0 Å². The lowest BCUT2D eigenvalue weighted by molar-refractivity contribution is -0.140. The number of carbonyl (C=O) groups excluding carboxylic acids is 2. The third-order valence-electron chi connectivity index (χ3n) is 7.70. The minimum absolute atomic E-state index is 0.0796. The molecule has 0 aromatic heterocycles. The van der Waals surface area contributed by atoms with Gasteiger partial charge in [-0.25, -0.2) is 8.42 Å². The summed E-state index contributed by atoms with van der Waals surface area (Å²) in [5.41, 5.74) is -0.124. The lowest BCUT2D eigenvalue weighted by Crippen LogP contribution is -2.55. The highest BCUT2D eigenvalue weighted by Crippen LogP contribution is 2.32. The van der Waals surface area contributed by atoms with Gasteiger partial charge in [-0.1, -0.05) is 84.9 Å². The van der Waals surface area contributed by atoms with Crippen molar-refractivity contribution in [2.45, 2.75) is 63.3 Å². The standard InChI is InChI=1S/C32H34Cl2F3N3O4S/c1-45(43,44)40(26-14-8-11-24(19-26)32(35,36)37)21-30(41)39(20-23-15-16-27(33)28(34)17-23)29(18-22-9-4-2-5-10-22)31(42)38-25-12-6-3-7-13-25/h2,4-5,8-11,14-17,19,25,29H,3,6-7,12-13,18,20-21H2,1H3,(H,38,42)/t29-/m1/s1. The number of sulfonamides is 1. The van der Waals surface area contributed by atoms with E-state index in [-0.39, 0.29) is 34.7 Å². The van der Waals surface area contributed by atoms with E-state index in [4.69, 9.17) is 23.2 Å². The van der Waals surface area contributed by atoms with Gasteiger partial charge in [0.25, 0.3) is 0 Å². The maximum atomic E-state index is 14.2. The van der Waals surface area contributed by atoms with E-state index in [0.717, 1.165) is 56.1 Å². The van der Waals surface area contributed by atoms with Crippen molar-refractivity contribution in [2.75, 3.05) is 17.1 Å². The van der Waals surface area contributed by atoms with E-state index in [2.05, 4.69) is 5.32 Å². The number of benzene rings is 3. The summed E-state index contributed by atoms with van der Waals surface area (Å²) in [6.07, 6.45) is 0.751. The molecule has 1 saturated carbocycles. The average molecular weight is 685 g/mol. The van der Waals surface area contributed by atoms with E-state index in [9.17, 15) is 31.2 Å². The minimum atomic E-state index is -4.74. The first-order valence-corrected chi connectivity index (χ1v) is 17.1. The molecular formula is C32H34Cl2F3N3O4S. The molecule has 3 aromatic rings. The summed E-state index contributed by atoms with van der Waals surface area (Å²) in [4.78, 5) is 29.4. The number of halogens is 5. The van der Waals surface area contributed by atoms with Crippen molar-refractivity contribution in [1.82, 2.24) is 10.2 Å². The van der Waals surface area contributed by atoms with Crippen LogP contribution in [0.5, 0.6) is 0 Å². The molecule has 0 heterocycles. The van der Waals surface area contributed by atoms with Gasteiger partial charge in [0.2, 0.25) is 21.8 Å². The molecule has 2 amide bonds. The second-order valence-electron chi connectivity index (χ2n) is 11.1. The quantitative estimate of drug-likeness (QED) is 0.239. The number of hydrogen-bond donors (Lipinski definition) is 1. The molecule has 0 bridgehead atoms. The van der Waals surface area contributed by atoms with Gasteiger partial charge < -0.3 is 10.2 Å². The zero-order valence-corrected chi connectivity index (χ0v) is 26.9. The molecular weight excluding hydrogens is 650 g/mol. The van der Waals surface area contributed by atoms with Gasteiger partial charge in [-0.2, -0.15) is 13.2 Å². The number of hydrogen-bond acceptors (Lipinski definition) is 4. The molecule has 0 radical (unpaired) electrons. The van der Waals surface area contributed by atoms with Crippen molar-refractivity contribution in [3.8, 4) is 0 Å². The molecule has 0 aliphatic heterocycles. The predicted octanol–water partition coefficient (Wildman–Crippen LogP) is 6.87. The Morgan fingerprint density at radius 3 is 2.22 bits per heavy atom. The van der Waals surface area contributed by atoms with Crippen LogP contribution >= 0.6 is 23.2 Å². The molecule has 13 heteroatoms. The second kappa shape index (κ2) is 14.9. The van der Waals surface area contributed by atoms with Crippen molar-refractivity contribution in [1.29, 1.82) is 0 Å². The Balaban J connectivity index is 1.75. The summed E-state index contributed by atoms with van der Waals surface area (Å²) in [5.74, 6) is -1.20. The molecule has 1 N–H and O–H groups in total. The maximum absolute atomic E-state index is 14.2. The van der Waals surface area contributed by atoms with Crippen LogP contribution < -0.4 is 9.62 Å². The Morgan fingerprint density at radius 2 is 1.60 bits per heavy atom. The number of nitrogens with zero attached hydrogens (tertiary/aromatic N) is 2. The van der Waals surface area contributed by atoms with Crippen LogP contribution in [0.4, 0.5) is 18.9 Å². The zero-order valence-electron chi connectivity index (χ0n) is 24.6. The normalized spacial score (nSPS) is 14.9. The summed E-state index contributed by atoms with van der Waals surface area (Å²) >= 11 is 12.4. The molecule has 0 unspecified atom stereocenters. The summed E-state index contributed by atoms with van der Waals surface area (Å²) in [5, 5.41) is 3.58. The molecule has 1 atom stereocenters. The van der Waals surface area contributed by atoms with E-state index in [0.29, 0.717) is 15.9 Å². The van der Waals surface area contributed by atoms with Crippen molar-refractivity contribution in [2.24, 2.45) is 0 Å². The maximum Gasteiger partial charge on any atom is 0.416 e. The van der Waals surface area contributed by atoms with Crippen LogP contribution in [-0.2, 0) is 38.8 Å². The molecule has 1 aliphatic rings. The van der Waals surface area contributed by atoms with Crippen molar-refractivity contribution < 1.29 is 31.2 Å². The fourth-order valence-corrected chi connectivity index (χ4v) is 6.55. The summed E-state index contributed by atoms with van der Waals surface area (Å²) in [7, 11) is -4.24. The van der Waals surface area contributed by atoms with Crippen molar-refractivity contribution in [3.63, 3.8) is 0 Å². The first-order chi connectivity index (χ1) is 21.2. The van der Waals surface area contributed by atoms with E-state index in [1.54, 1.807) is 30.3 Å². The SMILES string of the molecule is CS(=O)(=O)N(CC(=O)N(Cc1ccc(Cl)c(Cl)c1)[C@H](Cc1ccccc1)C(=O)NC1CCCCC1)c1cccc(C(F)(F)F)c1. The Bertz CT molecular complexity index is 1600. The van der Waals surface area contributed by atoms with Gasteiger partial charge in [0.05, 0.1) is 27.6 Å². The highest BCUT2D eigenvalue weighted by Gasteiger charge is 2.35. The second-order valence-corrected chi connectivity index (χ2v) is 13.9. The molecule has 242 valence electrons. The van der Waals surface area contributed by atoms with Crippen LogP contribution in [0.25, 0.3) is 0 Å². The smallest absolute Gasteiger partial charge is 0.352 e. The number of rotatable bonds is 11. The third-order valence-corrected chi connectivity index (χ3v) is 9.58. The van der Waals surface area contributed by atoms with E-state index in [1.807, 2.05) is 18.2 Å². The Kier molecular flexibility index (Phi) is 11.4. The van der Waals surface area contributed by atoms with Crippen LogP contribution in [0.1, 0.15) is 48.8 Å². The van der Waals surface area contributed by atoms with Crippen LogP contribution in [0.3, 0.4) is 0 Å². The highest BCUT2D eigenvalue weighted by molar-refractivity contribution is 7.92. The number of anilines is 1. The minimum Gasteiger partial charge on any atom is -0.352 e. The van der Waals surface area contributed by atoms with Gasteiger partial charge in [0.1, 0.15) is 12.6 Å². The predicted molar refractivity (Wildman–Crippen MR) is 170 cm³/mol. The molecule has 1 aliphatic carbocycles. The van der Waals surface area contributed by atoms with E-state index >= 15 is 0 Å². The number of carbonyl (C=O) groups is 2. The fourth-order valence-electron chi connectivity index (χ4n) is 5.38. The van der Waals surface area contributed by atoms with Gasteiger partial charge in [-0.15, -0.1) is 0 Å². The summed E-state index contributed by atoms with van der Waals surface area (Å²) in [6.45, 7) is -0.991. The van der Waals surface area contributed by atoms with Crippen LogP contribution in [0, 0.1) is 0 Å².